The van der Waals surface area contributed by atoms with E-state index >= 15 is 0 Å². The molecule has 0 aliphatic rings. The molecule has 0 unspecified atom stereocenters. The summed E-state index contributed by atoms with van der Waals surface area (Å²) in [6, 6.07) is 14.0. The van der Waals surface area contributed by atoms with Gasteiger partial charge in [-0.05, 0) is 31.2 Å². The third kappa shape index (κ3) is 3.86. The molecule has 0 fully saturated rings. The largest absolute Gasteiger partial charge is 0.302 e. The van der Waals surface area contributed by atoms with Crippen LogP contribution in [0.1, 0.15) is 11.1 Å². The second-order valence-corrected chi connectivity index (χ2v) is 4.67. The summed E-state index contributed by atoms with van der Waals surface area (Å²) in [6.45, 7) is 1.04. The van der Waals surface area contributed by atoms with Crippen LogP contribution in [0.4, 0.5) is 8.78 Å². The zero-order valence-electron chi connectivity index (χ0n) is 10.9. The Kier molecular flexibility index (Phi) is 4.63. The summed E-state index contributed by atoms with van der Waals surface area (Å²) in [7, 11) is 1.87. The molecule has 0 aliphatic carbocycles. The molecule has 2 aromatic rings. The van der Waals surface area contributed by atoms with Gasteiger partial charge in [-0.1, -0.05) is 36.4 Å². The zero-order valence-corrected chi connectivity index (χ0v) is 10.9. The maximum atomic E-state index is 13.5. The van der Waals surface area contributed by atoms with Crippen LogP contribution in [0.5, 0.6) is 0 Å². The molecule has 2 rings (SSSR count). The Balaban J connectivity index is 1.93. The van der Waals surface area contributed by atoms with Crippen molar-refractivity contribution in [1.82, 2.24) is 4.90 Å². The predicted octanol–water partition coefficient (Wildman–Crippen LogP) is 3.64. The summed E-state index contributed by atoms with van der Waals surface area (Å²) in [5.41, 5.74) is 1.36. The third-order valence-electron chi connectivity index (χ3n) is 3.11. The Morgan fingerprint density at radius 3 is 2.16 bits per heavy atom. The van der Waals surface area contributed by atoms with Gasteiger partial charge in [0.15, 0.2) is 0 Å². The molecule has 0 heterocycles. The predicted molar refractivity (Wildman–Crippen MR) is 72.8 cm³/mol. The minimum absolute atomic E-state index is 0.137. The lowest BCUT2D eigenvalue weighted by Crippen LogP contribution is -2.22. The van der Waals surface area contributed by atoms with Gasteiger partial charge in [-0.15, -0.1) is 0 Å². The van der Waals surface area contributed by atoms with Crippen molar-refractivity contribution < 1.29 is 8.78 Å². The van der Waals surface area contributed by atoms with E-state index in [-0.39, 0.29) is 12.1 Å². The molecule has 0 amide bonds. The van der Waals surface area contributed by atoms with Crippen LogP contribution in [-0.2, 0) is 13.0 Å². The van der Waals surface area contributed by atoms with Crippen molar-refractivity contribution in [3.63, 3.8) is 0 Å². The van der Waals surface area contributed by atoms with Gasteiger partial charge in [0, 0.05) is 18.7 Å². The lowest BCUT2D eigenvalue weighted by Gasteiger charge is -2.17. The summed E-state index contributed by atoms with van der Waals surface area (Å²) < 4.78 is 27.0. The Bertz CT molecular complexity index is 505. The molecule has 0 radical (unpaired) electrons. The van der Waals surface area contributed by atoms with Crippen LogP contribution in [0.25, 0.3) is 0 Å². The number of nitrogens with zero attached hydrogens (tertiary/aromatic N) is 1. The van der Waals surface area contributed by atoms with Crippen molar-refractivity contribution in [2.75, 3.05) is 13.6 Å². The number of benzene rings is 2. The molecule has 0 spiro atoms. The van der Waals surface area contributed by atoms with Gasteiger partial charge in [-0.3, -0.25) is 0 Å². The maximum Gasteiger partial charge on any atom is 0.130 e. The van der Waals surface area contributed by atoms with Crippen LogP contribution in [0, 0.1) is 11.6 Å². The van der Waals surface area contributed by atoms with Crippen LogP contribution in [0.3, 0.4) is 0 Å². The second-order valence-electron chi connectivity index (χ2n) is 4.67. The van der Waals surface area contributed by atoms with E-state index in [1.54, 1.807) is 0 Å². The van der Waals surface area contributed by atoms with Gasteiger partial charge >= 0.3 is 0 Å². The number of likely N-dealkylation sites (N-methyl/N-ethyl adjacent to an activating group) is 1. The van der Waals surface area contributed by atoms with E-state index in [1.807, 2.05) is 30.1 Å². The fraction of sp³-hybridized carbons (Fsp3) is 0.250. The molecule has 100 valence electrons. The van der Waals surface area contributed by atoms with E-state index in [2.05, 4.69) is 12.1 Å². The van der Waals surface area contributed by atoms with Crippen molar-refractivity contribution >= 4 is 0 Å². The first-order valence-electron chi connectivity index (χ1n) is 6.32. The molecule has 0 aliphatic heterocycles. The van der Waals surface area contributed by atoms with Crippen LogP contribution in [0.15, 0.2) is 48.5 Å². The maximum absolute atomic E-state index is 13.5. The molecule has 2 aromatic carbocycles. The van der Waals surface area contributed by atoms with Gasteiger partial charge in [-0.2, -0.15) is 0 Å². The highest BCUT2D eigenvalue weighted by atomic mass is 19.1. The molecular weight excluding hydrogens is 244 g/mol. The van der Waals surface area contributed by atoms with E-state index < -0.39 is 11.6 Å². The molecule has 3 heteroatoms. The standard InChI is InChI=1S/C16H17F2N/c1-19(11-10-13-6-3-2-4-7-13)12-14-15(17)8-5-9-16(14)18/h2-9H,10-12H2,1H3. The molecule has 19 heavy (non-hydrogen) atoms. The average Bonchev–Trinajstić information content (AvgIpc) is 2.42. The summed E-state index contributed by atoms with van der Waals surface area (Å²) in [5, 5.41) is 0. The minimum atomic E-state index is -0.480. The minimum Gasteiger partial charge on any atom is -0.302 e. The van der Waals surface area contributed by atoms with Gasteiger partial charge in [0.05, 0.1) is 0 Å². The zero-order chi connectivity index (χ0) is 13.7. The highest BCUT2D eigenvalue weighted by molar-refractivity contribution is 5.19. The van der Waals surface area contributed by atoms with Gasteiger partial charge < -0.3 is 4.90 Å². The normalized spacial score (nSPS) is 10.9. The van der Waals surface area contributed by atoms with Crippen LogP contribution >= 0.6 is 0 Å². The Labute approximate surface area is 112 Å². The lowest BCUT2D eigenvalue weighted by molar-refractivity contribution is 0.318. The van der Waals surface area contributed by atoms with Crippen molar-refractivity contribution in [1.29, 1.82) is 0 Å². The Morgan fingerprint density at radius 2 is 1.53 bits per heavy atom. The van der Waals surface area contributed by atoms with Crippen molar-refractivity contribution in [3.05, 3.63) is 71.3 Å². The molecule has 0 N–H and O–H groups in total. The quantitative estimate of drug-likeness (QED) is 0.794. The number of halogens is 2. The monoisotopic (exact) mass is 261 g/mol. The third-order valence-corrected chi connectivity index (χ3v) is 3.11. The summed E-state index contributed by atoms with van der Waals surface area (Å²) in [4.78, 5) is 1.93. The fourth-order valence-electron chi connectivity index (χ4n) is 2.00. The summed E-state index contributed by atoms with van der Waals surface area (Å²) in [5.74, 6) is -0.960. The lowest BCUT2D eigenvalue weighted by atomic mass is 10.1. The van der Waals surface area contributed by atoms with Gasteiger partial charge in [-0.25, -0.2) is 8.78 Å². The van der Waals surface area contributed by atoms with Crippen LogP contribution in [0.2, 0.25) is 0 Å². The SMILES string of the molecule is CN(CCc1ccccc1)Cc1c(F)cccc1F. The van der Waals surface area contributed by atoms with E-state index in [1.165, 1.54) is 23.8 Å². The average molecular weight is 261 g/mol. The van der Waals surface area contributed by atoms with E-state index in [4.69, 9.17) is 0 Å². The first kappa shape index (κ1) is 13.7. The molecular formula is C16H17F2N. The Morgan fingerprint density at radius 1 is 0.895 bits per heavy atom. The van der Waals surface area contributed by atoms with Gasteiger partial charge in [0.1, 0.15) is 11.6 Å². The second kappa shape index (κ2) is 6.43. The van der Waals surface area contributed by atoms with Crippen LogP contribution in [-0.4, -0.2) is 18.5 Å². The Hall–Kier alpha value is -1.74. The highest BCUT2D eigenvalue weighted by Crippen LogP contribution is 2.14. The number of hydrogen-bond acceptors (Lipinski definition) is 1. The summed E-state index contributed by atoms with van der Waals surface area (Å²) >= 11 is 0. The summed E-state index contributed by atoms with van der Waals surface area (Å²) in [6.07, 6.45) is 0.868. The van der Waals surface area contributed by atoms with Crippen molar-refractivity contribution in [2.24, 2.45) is 0 Å². The molecule has 0 aromatic heterocycles. The van der Waals surface area contributed by atoms with E-state index in [0.29, 0.717) is 0 Å². The molecule has 0 saturated heterocycles. The number of rotatable bonds is 5. The van der Waals surface area contributed by atoms with E-state index in [9.17, 15) is 8.78 Å². The van der Waals surface area contributed by atoms with Crippen LogP contribution < -0.4 is 0 Å². The molecule has 1 nitrogen and oxygen atoms in total. The van der Waals surface area contributed by atoms with Crippen molar-refractivity contribution in [2.45, 2.75) is 13.0 Å². The topological polar surface area (TPSA) is 3.24 Å². The molecule has 0 bridgehead atoms. The van der Waals surface area contributed by atoms with Gasteiger partial charge in [0.25, 0.3) is 0 Å². The van der Waals surface area contributed by atoms with Crippen molar-refractivity contribution in [3.8, 4) is 0 Å². The highest BCUT2D eigenvalue weighted by Gasteiger charge is 2.10. The number of hydrogen-bond donors (Lipinski definition) is 0. The first-order chi connectivity index (χ1) is 9.16. The first-order valence-corrected chi connectivity index (χ1v) is 6.32. The molecule has 0 atom stereocenters. The van der Waals surface area contributed by atoms with Gasteiger partial charge in [0.2, 0.25) is 0 Å². The smallest absolute Gasteiger partial charge is 0.130 e. The fourth-order valence-corrected chi connectivity index (χ4v) is 2.00. The van der Waals surface area contributed by atoms with E-state index in [0.717, 1.165) is 13.0 Å². The molecule has 0 saturated carbocycles.